The van der Waals surface area contributed by atoms with Crippen LogP contribution in [0.5, 0.6) is 5.75 Å². The number of aryl methyl sites for hydroxylation is 3. The second-order valence-corrected chi connectivity index (χ2v) is 25.2. The van der Waals surface area contributed by atoms with E-state index >= 15 is 0 Å². The first-order valence-corrected chi connectivity index (χ1v) is 29.5. The van der Waals surface area contributed by atoms with Gasteiger partial charge < -0.3 is 44.7 Å². The average molecular weight is 1150 g/mol. The number of thiazole rings is 1. The number of hydrogen-bond donors (Lipinski definition) is 4. The summed E-state index contributed by atoms with van der Waals surface area (Å²) in [5.41, 5.74) is 9.19. The van der Waals surface area contributed by atoms with Gasteiger partial charge in [0.1, 0.15) is 46.4 Å². The van der Waals surface area contributed by atoms with E-state index in [1.54, 1.807) is 46.9 Å². The average Bonchev–Trinajstić information content (AvgIpc) is 2.99. The molecule has 1 saturated carbocycles. The van der Waals surface area contributed by atoms with Crippen LogP contribution in [0.15, 0.2) is 87.7 Å². The standard InChI is InChI=1S/C61H68N10O9S2/c1-31-34(4)82-60-51(31)52(65-46(27-50(73)78-9)55-68-67-35(5)71(55)60)37-14-16-42(17-15-37)69-21-20-39(28-69)56(74)64-41-24-45(25-41)79-44-18-19-48-40(22-44)23-49(80-48)58(76)66-54(61(6,7)8)59(77)70-29-43(72)26-47(70)57(75)63-32(2)36-10-12-38(13-11-36)53-33(3)62-30-81-53/h10-19,22-23,30,32,39,41,43,45-47,54,72H,20-21,24-29H2,1-9H3,(H,63,75)(H,64,74)(H,66,76)/t32-,39?,41-,43+,45+,46-,47-,54?/m0/s1. The van der Waals surface area contributed by atoms with Gasteiger partial charge in [-0.25, -0.2) is 4.98 Å². The maximum Gasteiger partial charge on any atom is 0.308 e. The van der Waals surface area contributed by atoms with Gasteiger partial charge in [0.2, 0.25) is 17.7 Å². The minimum absolute atomic E-state index is 0.00533. The minimum Gasteiger partial charge on any atom is -0.490 e. The van der Waals surface area contributed by atoms with E-state index in [0.717, 1.165) is 78.5 Å². The Labute approximate surface area is 483 Å². The van der Waals surface area contributed by atoms with Crippen molar-refractivity contribution in [2.24, 2.45) is 16.3 Å². The number of β-amino-alcohol motifs (C(OH)–C–C–N with tert-alkyl or cyclic N) is 1. The number of ether oxygens (including phenoxy) is 2. The molecule has 7 heterocycles. The number of amides is 4. The number of rotatable bonds is 15. The first-order valence-electron chi connectivity index (χ1n) is 27.8. The van der Waals surface area contributed by atoms with Crippen molar-refractivity contribution in [3.63, 3.8) is 0 Å². The lowest BCUT2D eigenvalue weighted by molar-refractivity contribution is -0.142. The van der Waals surface area contributed by atoms with Crippen LogP contribution in [0.3, 0.4) is 0 Å². The normalized spacial score (nSPS) is 21.2. The zero-order valence-corrected chi connectivity index (χ0v) is 49.1. The highest BCUT2D eigenvalue weighted by molar-refractivity contribution is 7.15. The smallest absolute Gasteiger partial charge is 0.308 e. The van der Waals surface area contributed by atoms with Crippen molar-refractivity contribution in [3.05, 3.63) is 129 Å². The molecule has 21 heteroatoms. The number of aliphatic hydroxyl groups excluding tert-OH is 1. The Morgan fingerprint density at radius 2 is 1.63 bits per heavy atom. The van der Waals surface area contributed by atoms with Crippen LogP contribution in [0.2, 0.25) is 0 Å². The highest BCUT2D eigenvalue weighted by Gasteiger charge is 2.45. The molecule has 0 spiro atoms. The molecule has 4 aromatic heterocycles. The zero-order valence-electron chi connectivity index (χ0n) is 47.4. The highest BCUT2D eigenvalue weighted by atomic mass is 32.1. The molecule has 0 bridgehead atoms. The van der Waals surface area contributed by atoms with Gasteiger partial charge in [-0.3, -0.25) is 33.5 Å². The second kappa shape index (κ2) is 22.5. The van der Waals surface area contributed by atoms with Crippen molar-refractivity contribution in [2.45, 2.75) is 130 Å². The van der Waals surface area contributed by atoms with Gasteiger partial charge in [-0.15, -0.1) is 32.9 Å². The summed E-state index contributed by atoms with van der Waals surface area (Å²) in [4.78, 5) is 83.8. The first kappa shape index (κ1) is 56.1. The number of nitrogens with zero attached hydrogens (tertiary/aromatic N) is 7. The van der Waals surface area contributed by atoms with Gasteiger partial charge in [-0.1, -0.05) is 57.2 Å². The number of nitrogens with one attached hydrogen (secondary N) is 3. The molecule has 6 atom stereocenters. The predicted molar refractivity (Wildman–Crippen MR) is 313 cm³/mol. The third-order valence-corrected chi connectivity index (χ3v) is 18.5. The minimum atomic E-state index is -1.06. The fourth-order valence-corrected chi connectivity index (χ4v) is 13.5. The lowest BCUT2D eigenvalue weighted by Crippen LogP contribution is -2.57. The molecule has 4 aliphatic rings. The van der Waals surface area contributed by atoms with Crippen LogP contribution in [0, 0.1) is 39.0 Å². The third-order valence-electron chi connectivity index (χ3n) is 16.4. The Kier molecular flexibility index (Phi) is 15.4. The van der Waals surface area contributed by atoms with E-state index in [9.17, 15) is 29.1 Å². The summed E-state index contributed by atoms with van der Waals surface area (Å²) in [6.45, 7) is 16.7. The molecule has 3 fully saturated rings. The van der Waals surface area contributed by atoms with Crippen molar-refractivity contribution in [1.82, 2.24) is 40.6 Å². The van der Waals surface area contributed by atoms with E-state index in [1.165, 1.54) is 12.0 Å². The van der Waals surface area contributed by atoms with Gasteiger partial charge in [0.25, 0.3) is 5.91 Å². The van der Waals surface area contributed by atoms with Crippen LogP contribution in [-0.4, -0.2) is 122 Å². The van der Waals surface area contributed by atoms with E-state index in [1.807, 2.05) is 75.9 Å². The molecule has 2 unspecified atom stereocenters. The van der Waals surface area contributed by atoms with E-state index in [4.69, 9.17) is 18.9 Å². The lowest BCUT2D eigenvalue weighted by atomic mass is 9.85. The maximum absolute atomic E-state index is 14.4. The van der Waals surface area contributed by atoms with E-state index in [2.05, 4.69) is 74.1 Å². The summed E-state index contributed by atoms with van der Waals surface area (Å²) in [5.74, 6) is -0.0692. The molecule has 82 heavy (non-hydrogen) atoms. The predicted octanol–water partition coefficient (Wildman–Crippen LogP) is 8.42. The number of likely N-dealkylation sites (tertiary alicyclic amines) is 1. The Bertz CT molecular complexity index is 3630. The molecule has 3 aromatic carbocycles. The number of furan rings is 1. The Morgan fingerprint density at radius 3 is 2.34 bits per heavy atom. The monoisotopic (exact) mass is 1150 g/mol. The van der Waals surface area contributed by atoms with Gasteiger partial charge in [0.05, 0.1) is 53.4 Å². The molecule has 1 aliphatic carbocycles. The summed E-state index contributed by atoms with van der Waals surface area (Å²) in [6.07, 6.45) is 1.08. The fourth-order valence-electron chi connectivity index (χ4n) is 11.5. The van der Waals surface area contributed by atoms with Crippen molar-refractivity contribution >= 4 is 74.6 Å². The van der Waals surface area contributed by atoms with Crippen LogP contribution < -0.4 is 25.6 Å². The molecule has 0 radical (unpaired) electrons. The SMILES string of the molecule is COC(=O)C[C@@H]1N=C(c2ccc(N3CCC(C(=O)N[C@H]4C[C@@H](Oc5ccc6oc(C(=O)NC(C(=O)N7C[C@H](O)C[C@H]7C(=O)N[C@@H](C)c7ccc(-c8scnc8C)cc7)C(C)(C)C)cc6c5)C4)C3)cc2)c2c(sc(C)c2C)-n2c(C)nnc21. The maximum atomic E-state index is 14.4. The van der Waals surface area contributed by atoms with Gasteiger partial charge in [0.15, 0.2) is 11.6 Å². The number of aliphatic hydroxyl groups is 1. The number of anilines is 1. The first-order chi connectivity index (χ1) is 39.2. The lowest BCUT2D eigenvalue weighted by Gasteiger charge is -2.36. The Hall–Kier alpha value is -7.75. The Balaban J connectivity index is 0.669. The van der Waals surface area contributed by atoms with E-state index < -0.39 is 47.4 Å². The van der Waals surface area contributed by atoms with Gasteiger partial charge >= 0.3 is 5.97 Å². The van der Waals surface area contributed by atoms with Crippen LogP contribution in [0.4, 0.5) is 5.69 Å². The quantitative estimate of drug-likeness (QED) is 0.0707. The number of aliphatic imine (C=N–C) groups is 1. The van der Waals surface area contributed by atoms with Crippen LogP contribution in [0.1, 0.15) is 127 Å². The number of aromatic nitrogens is 4. The number of hydrogen-bond acceptors (Lipinski definition) is 16. The number of carbonyl (C=O) groups excluding carboxylic acids is 5. The third kappa shape index (κ3) is 11.2. The molecule has 19 nitrogen and oxygen atoms in total. The molecular formula is C61H68N10O9S2. The van der Waals surface area contributed by atoms with Gasteiger partial charge in [-0.2, -0.15) is 0 Å². The summed E-state index contributed by atoms with van der Waals surface area (Å²) in [6, 6.07) is 20.1. The van der Waals surface area contributed by atoms with Crippen molar-refractivity contribution in [3.8, 4) is 21.2 Å². The molecule has 11 rings (SSSR count). The second-order valence-electron chi connectivity index (χ2n) is 23.2. The van der Waals surface area contributed by atoms with Gasteiger partial charge in [-0.05, 0) is 99.5 Å². The zero-order chi connectivity index (χ0) is 57.9. The van der Waals surface area contributed by atoms with Crippen LogP contribution in [-0.2, 0) is 23.9 Å². The molecule has 4 N–H and O–H groups in total. The number of esters is 1. The molecule has 428 valence electrons. The van der Waals surface area contributed by atoms with Crippen molar-refractivity contribution in [1.29, 1.82) is 0 Å². The molecule has 7 aromatic rings. The number of benzene rings is 3. The summed E-state index contributed by atoms with van der Waals surface area (Å²) in [5, 5.41) is 30.4. The Morgan fingerprint density at radius 1 is 0.890 bits per heavy atom. The van der Waals surface area contributed by atoms with Crippen molar-refractivity contribution in [2.75, 3.05) is 31.6 Å². The van der Waals surface area contributed by atoms with Crippen molar-refractivity contribution < 1.29 is 43.0 Å². The molecule has 2 saturated heterocycles. The van der Waals surface area contributed by atoms with Crippen LogP contribution in [0.25, 0.3) is 26.4 Å². The van der Waals surface area contributed by atoms with Gasteiger partial charge in [0, 0.05) is 72.0 Å². The van der Waals surface area contributed by atoms with E-state index in [0.29, 0.717) is 41.9 Å². The number of fused-ring (bicyclic) bond motifs is 4. The fraction of sp³-hybridized carbons (Fsp3) is 0.426. The number of thiophene rings is 1. The van der Waals surface area contributed by atoms with E-state index in [-0.39, 0.29) is 61.1 Å². The topological polar surface area (TPSA) is 236 Å². The number of carbonyl (C=O) groups is 5. The summed E-state index contributed by atoms with van der Waals surface area (Å²) < 4.78 is 19.4. The largest absolute Gasteiger partial charge is 0.490 e. The van der Waals surface area contributed by atoms with Crippen LogP contribution >= 0.6 is 22.7 Å². The highest BCUT2D eigenvalue weighted by Crippen LogP contribution is 2.41. The molecule has 4 amide bonds. The number of methoxy groups -OCH3 is 1. The molecular weight excluding hydrogens is 1080 g/mol. The molecule has 3 aliphatic heterocycles. The summed E-state index contributed by atoms with van der Waals surface area (Å²) in [7, 11) is 1.37. The summed E-state index contributed by atoms with van der Waals surface area (Å²) >= 11 is 3.23.